The summed E-state index contributed by atoms with van der Waals surface area (Å²) in [7, 11) is 0. The molecule has 1 amide bonds. The van der Waals surface area contributed by atoms with Crippen LogP contribution in [0.15, 0.2) is 71.9 Å². The molecule has 0 unspecified atom stereocenters. The lowest BCUT2D eigenvalue weighted by atomic mass is 10.1. The first kappa shape index (κ1) is 23.9. The molecule has 0 radical (unpaired) electrons. The molecular formula is C23H16Cl4N4OS. The summed E-state index contributed by atoms with van der Waals surface area (Å²) in [6.45, 7) is 0. The van der Waals surface area contributed by atoms with Gasteiger partial charge in [0.25, 0.3) is 0 Å². The van der Waals surface area contributed by atoms with Crippen LogP contribution in [0, 0.1) is 0 Å². The van der Waals surface area contributed by atoms with E-state index < -0.39 is 0 Å². The van der Waals surface area contributed by atoms with E-state index in [2.05, 4.69) is 15.5 Å². The Kier molecular flexibility index (Phi) is 7.83. The van der Waals surface area contributed by atoms with Gasteiger partial charge in [-0.25, -0.2) is 0 Å². The van der Waals surface area contributed by atoms with Crippen molar-refractivity contribution in [2.75, 3.05) is 11.1 Å². The third-order valence-electron chi connectivity index (χ3n) is 4.61. The van der Waals surface area contributed by atoms with E-state index in [1.54, 1.807) is 12.1 Å². The van der Waals surface area contributed by atoms with Crippen LogP contribution in [0.5, 0.6) is 0 Å². The van der Waals surface area contributed by atoms with Gasteiger partial charge in [0.05, 0.1) is 26.5 Å². The molecule has 1 aromatic heterocycles. The van der Waals surface area contributed by atoms with Crippen molar-refractivity contribution in [3.63, 3.8) is 0 Å². The molecule has 33 heavy (non-hydrogen) atoms. The summed E-state index contributed by atoms with van der Waals surface area (Å²) in [5.74, 6) is 0.572. The standard InChI is InChI=1S/C23H16Cl4N4OS/c24-15-6-8-16(9-7-15)31-21(10-14-4-2-1-3-5-14)29-30-23(31)33-13-22(32)28-20-12-18(26)17(25)11-19(20)27/h1-9,11-12H,10,13H2,(H,28,32). The summed E-state index contributed by atoms with van der Waals surface area (Å²) in [4.78, 5) is 12.6. The maximum Gasteiger partial charge on any atom is 0.234 e. The molecule has 0 aliphatic rings. The number of carbonyl (C=O) groups is 1. The fraction of sp³-hybridized carbons (Fsp3) is 0.0870. The molecule has 0 saturated carbocycles. The van der Waals surface area contributed by atoms with Crippen molar-refractivity contribution in [2.45, 2.75) is 11.6 Å². The van der Waals surface area contributed by atoms with Gasteiger partial charge in [-0.3, -0.25) is 9.36 Å². The minimum absolute atomic E-state index is 0.0909. The molecule has 5 nitrogen and oxygen atoms in total. The Labute approximate surface area is 215 Å². The number of rotatable bonds is 7. The lowest BCUT2D eigenvalue weighted by molar-refractivity contribution is -0.113. The van der Waals surface area contributed by atoms with Crippen molar-refractivity contribution in [3.8, 4) is 5.69 Å². The zero-order valence-corrected chi connectivity index (χ0v) is 20.8. The van der Waals surface area contributed by atoms with E-state index in [4.69, 9.17) is 46.4 Å². The number of anilines is 1. The molecule has 0 atom stereocenters. The predicted octanol–water partition coefficient (Wildman–Crippen LogP) is 7.20. The molecule has 0 saturated heterocycles. The van der Waals surface area contributed by atoms with E-state index >= 15 is 0 Å². The van der Waals surface area contributed by atoms with Crippen molar-refractivity contribution >= 4 is 69.8 Å². The zero-order valence-electron chi connectivity index (χ0n) is 16.9. The molecule has 10 heteroatoms. The Morgan fingerprint density at radius 3 is 2.30 bits per heavy atom. The third kappa shape index (κ3) is 6.02. The second kappa shape index (κ2) is 10.8. The average Bonchev–Trinajstić information content (AvgIpc) is 3.19. The lowest BCUT2D eigenvalue weighted by Crippen LogP contribution is -2.15. The molecule has 0 aliphatic heterocycles. The monoisotopic (exact) mass is 536 g/mol. The topological polar surface area (TPSA) is 59.8 Å². The highest BCUT2D eigenvalue weighted by Crippen LogP contribution is 2.32. The summed E-state index contributed by atoms with van der Waals surface area (Å²) in [5.41, 5.74) is 2.34. The van der Waals surface area contributed by atoms with Gasteiger partial charge < -0.3 is 5.32 Å². The quantitative estimate of drug-likeness (QED) is 0.200. The van der Waals surface area contributed by atoms with Gasteiger partial charge >= 0.3 is 0 Å². The number of aromatic nitrogens is 3. The van der Waals surface area contributed by atoms with Crippen LogP contribution in [-0.2, 0) is 11.2 Å². The van der Waals surface area contributed by atoms with Crippen LogP contribution in [0.25, 0.3) is 5.69 Å². The molecule has 0 bridgehead atoms. The van der Waals surface area contributed by atoms with Crippen LogP contribution < -0.4 is 5.32 Å². The number of thioether (sulfide) groups is 1. The highest BCUT2D eigenvalue weighted by atomic mass is 35.5. The van der Waals surface area contributed by atoms with Crippen LogP contribution in [0.1, 0.15) is 11.4 Å². The van der Waals surface area contributed by atoms with E-state index in [1.807, 2.05) is 47.0 Å². The van der Waals surface area contributed by atoms with Gasteiger partial charge in [-0.15, -0.1) is 10.2 Å². The molecule has 1 N–H and O–H groups in total. The molecule has 168 valence electrons. The molecule has 0 fully saturated rings. The molecule has 4 rings (SSSR count). The van der Waals surface area contributed by atoms with Crippen LogP contribution in [-0.4, -0.2) is 26.4 Å². The number of hydrogen-bond donors (Lipinski definition) is 1. The fourth-order valence-corrected chi connectivity index (χ4v) is 4.56. The molecule has 4 aromatic rings. The van der Waals surface area contributed by atoms with Gasteiger partial charge in [0, 0.05) is 17.1 Å². The molecule has 1 heterocycles. The molecule has 0 spiro atoms. The Hall–Kier alpha value is -2.22. The van der Waals surface area contributed by atoms with Crippen molar-refractivity contribution in [1.29, 1.82) is 0 Å². The van der Waals surface area contributed by atoms with Gasteiger partial charge in [-0.1, -0.05) is 88.5 Å². The first-order valence-electron chi connectivity index (χ1n) is 9.72. The summed E-state index contributed by atoms with van der Waals surface area (Å²) in [5, 5.41) is 13.6. The zero-order chi connectivity index (χ0) is 23.4. The highest BCUT2D eigenvalue weighted by Gasteiger charge is 2.17. The van der Waals surface area contributed by atoms with Gasteiger partial charge in [0.1, 0.15) is 5.82 Å². The second-order valence-corrected chi connectivity index (χ2v) is 9.56. The summed E-state index contributed by atoms with van der Waals surface area (Å²) in [6, 6.07) is 20.4. The number of amides is 1. The van der Waals surface area contributed by atoms with Gasteiger partial charge in [0.15, 0.2) is 5.16 Å². The number of benzene rings is 3. The van der Waals surface area contributed by atoms with Crippen molar-refractivity contribution in [2.24, 2.45) is 0 Å². The van der Waals surface area contributed by atoms with Gasteiger partial charge in [0.2, 0.25) is 5.91 Å². The first-order chi connectivity index (χ1) is 15.9. The Morgan fingerprint density at radius 2 is 1.58 bits per heavy atom. The smallest absolute Gasteiger partial charge is 0.234 e. The third-order valence-corrected chi connectivity index (χ3v) is 6.82. The molecular weight excluding hydrogens is 522 g/mol. The van der Waals surface area contributed by atoms with Crippen molar-refractivity contribution in [3.05, 3.63) is 98.2 Å². The maximum atomic E-state index is 12.6. The summed E-state index contributed by atoms with van der Waals surface area (Å²) < 4.78 is 1.92. The summed E-state index contributed by atoms with van der Waals surface area (Å²) in [6.07, 6.45) is 0.585. The number of nitrogens with one attached hydrogen (secondary N) is 1. The second-order valence-electron chi connectivity index (χ2n) is 6.96. The maximum absolute atomic E-state index is 12.6. The van der Waals surface area contributed by atoms with Crippen molar-refractivity contribution < 1.29 is 4.79 Å². The van der Waals surface area contributed by atoms with Crippen LogP contribution in [0.2, 0.25) is 20.1 Å². The van der Waals surface area contributed by atoms with E-state index in [1.165, 1.54) is 23.9 Å². The highest BCUT2D eigenvalue weighted by molar-refractivity contribution is 7.99. The lowest BCUT2D eigenvalue weighted by Gasteiger charge is -2.11. The van der Waals surface area contributed by atoms with Gasteiger partial charge in [-0.2, -0.15) is 0 Å². The van der Waals surface area contributed by atoms with Crippen LogP contribution in [0.3, 0.4) is 0 Å². The number of carbonyl (C=O) groups excluding carboxylic acids is 1. The van der Waals surface area contributed by atoms with E-state index in [9.17, 15) is 4.79 Å². The predicted molar refractivity (Wildman–Crippen MR) is 136 cm³/mol. The number of hydrogen-bond acceptors (Lipinski definition) is 4. The van der Waals surface area contributed by atoms with Crippen LogP contribution >= 0.6 is 58.2 Å². The minimum Gasteiger partial charge on any atom is -0.324 e. The summed E-state index contributed by atoms with van der Waals surface area (Å²) >= 11 is 25.5. The molecule has 3 aromatic carbocycles. The van der Waals surface area contributed by atoms with Crippen LogP contribution in [0.4, 0.5) is 5.69 Å². The first-order valence-corrected chi connectivity index (χ1v) is 12.2. The fourth-order valence-electron chi connectivity index (χ4n) is 3.07. The van der Waals surface area contributed by atoms with E-state index in [0.717, 1.165) is 17.1 Å². The SMILES string of the molecule is O=C(CSc1nnc(Cc2ccccc2)n1-c1ccc(Cl)cc1)Nc1cc(Cl)c(Cl)cc1Cl. The number of nitrogens with zero attached hydrogens (tertiary/aromatic N) is 3. The van der Waals surface area contributed by atoms with Crippen molar-refractivity contribution in [1.82, 2.24) is 14.8 Å². The minimum atomic E-state index is -0.268. The van der Waals surface area contributed by atoms with E-state index in [-0.39, 0.29) is 11.7 Å². The average molecular weight is 538 g/mol. The normalized spacial score (nSPS) is 10.9. The Bertz CT molecular complexity index is 1280. The van der Waals surface area contributed by atoms with Gasteiger partial charge in [-0.05, 0) is 42.0 Å². The molecule has 0 aliphatic carbocycles. The number of halogens is 4. The Morgan fingerprint density at radius 1 is 0.879 bits per heavy atom. The largest absolute Gasteiger partial charge is 0.324 e. The Balaban J connectivity index is 1.55. The van der Waals surface area contributed by atoms with E-state index in [0.29, 0.717) is 37.4 Å².